The van der Waals surface area contributed by atoms with Gasteiger partial charge in [0.05, 0.1) is 12.2 Å². The van der Waals surface area contributed by atoms with E-state index in [2.05, 4.69) is 5.32 Å². The minimum atomic E-state index is -0.775. The van der Waals surface area contributed by atoms with Gasteiger partial charge in [-0.05, 0) is 68.5 Å². The zero-order valence-electron chi connectivity index (χ0n) is 13.0. The summed E-state index contributed by atoms with van der Waals surface area (Å²) < 4.78 is 19.5. The van der Waals surface area contributed by atoms with Crippen LogP contribution in [0.2, 0.25) is 0 Å². The van der Waals surface area contributed by atoms with Crippen LogP contribution in [0.25, 0.3) is 0 Å². The second kappa shape index (κ2) is 7.71. The molecule has 0 amide bonds. The Kier molecular flexibility index (Phi) is 6.52. The maximum atomic E-state index is 13.9. The van der Waals surface area contributed by atoms with E-state index < -0.39 is 17.6 Å². The highest BCUT2D eigenvalue weighted by Gasteiger charge is 2.24. The molecule has 0 aliphatic heterocycles. The van der Waals surface area contributed by atoms with E-state index in [1.165, 1.54) is 18.3 Å². The van der Waals surface area contributed by atoms with Crippen molar-refractivity contribution >= 4 is 34.3 Å². The zero-order valence-corrected chi connectivity index (χ0v) is 15.2. The van der Waals surface area contributed by atoms with Gasteiger partial charge in [-0.3, -0.25) is 4.79 Å². The van der Waals surface area contributed by atoms with Crippen LogP contribution in [0.15, 0.2) is 30.0 Å². The SMILES string of the molecule is CCOC(=O)/C(=C\NC(C)(C)C)C(=O)c1cc(I)ccc1F. The molecule has 1 aromatic rings. The Hall–Kier alpha value is -1.44. The van der Waals surface area contributed by atoms with Crippen molar-refractivity contribution < 1.29 is 18.7 Å². The first-order valence-corrected chi connectivity index (χ1v) is 7.88. The average Bonchev–Trinajstić information content (AvgIpc) is 2.40. The highest BCUT2D eigenvalue weighted by atomic mass is 127. The highest BCUT2D eigenvalue weighted by Crippen LogP contribution is 2.17. The molecule has 22 heavy (non-hydrogen) atoms. The number of halogens is 2. The molecule has 1 rings (SSSR count). The number of nitrogens with one attached hydrogen (secondary N) is 1. The number of hydrogen-bond donors (Lipinski definition) is 1. The third-order valence-electron chi connectivity index (χ3n) is 2.56. The van der Waals surface area contributed by atoms with Crippen LogP contribution in [0.5, 0.6) is 0 Å². The Bertz CT molecular complexity index is 606. The van der Waals surface area contributed by atoms with Crippen LogP contribution in [-0.4, -0.2) is 23.9 Å². The van der Waals surface area contributed by atoms with Crippen molar-refractivity contribution in [3.05, 3.63) is 44.9 Å². The van der Waals surface area contributed by atoms with E-state index in [0.29, 0.717) is 3.57 Å². The van der Waals surface area contributed by atoms with Crippen LogP contribution in [-0.2, 0) is 9.53 Å². The fourth-order valence-corrected chi connectivity index (χ4v) is 2.02. The van der Waals surface area contributed by atoms with Crippen LogP contribution >= 0.6 is 22.6 Å². The highest BCUT2D eigenvalue weighted by molar-refractivity contribution is 14.1. The lowest BCUT2D eigenvalue weighted by Crippen LogP contribution is -2.33. The molecule has 0 aliphatic rings. The maximum Gasteiger partial charge on any atom is 0.343 e. The van der Waals surface area contributed by atoms with Crippen molar-refractivity contribution in [3.8, 4) is 0 Å². The lowest BCUT2D eigenvalue weighted by Gasteiger charge is -2.19. The Morgan fingerprint density at radius 3 is 2.55 bits per heavy atom. The van der Waals surface area contributed by atoms with Crippen LogP contribution < -0.4 is 5.32 Å². The molecule has 0 atom stereocenters. The molecular formula is C16H19FINO3. The minimum Gasteiger partial charge on any atom is -0.462 e. The lowest BCUT2D eigenvalue weighted by atomic mass is 10.0. The molecule has 0 unspecified atom stereocenters. The van der Waals surface area contributed by atoms with Crippen molar-refractivity contribution in [1.82, 2.24) is 5.32 Å². The molecule has 4 nitrogen and oxygen atoms in total. The molecule has 0 aromatic heterocycles. The van der Waals surface area contributed by atoms with Crippen LogP contribution in [0.1, 0.15) is 38.1 Å². The van der Waals surface area contributed by atoms with Crippen molar-refractivity contribution in [2.45, 2.75) is 33.2 Å². The molecule has 6 heteroatoms. The summed E-state index contributed by atoms with van der Waals surface area (Å²) in [7, 11) is 0. The summed E-state index contributed by atoms with van der Waals surface area (Å²) in [6.45, 7) is 7.41. The van der Waals surface area contributed by atoms with Gasteiger partial charge in [-0.1, -0.05) is 0 Å². The molecule has 0 spiro atoms. The molecule has 0 bridgehead atoms. The normalized spacial score (nSPS) is 12.0. The number of esters is 1. The number of rotatable bonds is 5. The van der Waals surface area contributed by atoms with Crippen molar-refractivity contribution in [2.75, 3.05) is 6.61 Å². The van der Waals surface area contributed by atoms with Crippen LogP contribution in [0.4, 0.5) is 4.39 Å². The summed E-state index contributed by atoms with van der Waals surface area (Å²) in [6.07, 6.45) is 1.29. The van der Waals surface area contributed by atoms with Gasteiger partial charge in [-0.25, -0.2) is 9.18 Å². The number of benzene rings is 1. The predicted octanol–water partition coefficient (Wildman–Crippen LogP) is 3.45. The Balaban J connectivity index is 3.23. The Morgan fingerprint density at radius 1 is 1.36 bits per heavy atom. The minimum absolute atomic E-state index is 0.133. The van der Waals surface area contributed by atoms with Crippen molar-refractivity contribution in [2.24, 2.45) is 0 Å². The van der Waals surface area contributed by atoms with Crippen LogP contribution in [0.3, 0.4) is 0 Å². The van der Waals surface area contributed by atoms with E-state index in [-0.39, 0.29) is 23.3 Å². The Labute approximate surface area is 143 Å². The fourth-order valence-electron chi connectivity index (χ4n) is 1.53. The first-order chi connectivity index (χ1) is 10.2. The van der Waals surface area contributed by atoms with Gasteiger partial charge in [0.25, 0.3) is 0 Å². The predicted molar refractivity (Wildman–Crippen MR) is 91.1 cm³/mol. The molecule has 0 heterocycles. The zero-order chi connectivity index (χ0) is 16.9. The third kappa shape index (κ3) is 5.40. The third-order valence-corrected chi connectivity index (χ3v) is 3.23. The first kappa shape index (κ1) is 18.6. The van der Waals surface area contributed by atoms with Gasteiger partial charge >= 0.3 is 5.97 Å². The van der Waals surface area contributed by atoms with Gasteiger partial charge in [0, 0.05) is 15.3 Å². The number of ketones is 1. The summed E-state index contributed by atoms with van der Waals surface area (Å²) in [5.74, 6) is -2.15. The monoisotopic (exact) mass is 419 g/mol. The molecule has 0 aliphatic carbocycles. The van der Waals surface area contributed by atoms with Gasteiger partial charge in [0.2, 0.25) is 5.78 Å². The summed E-state index contributed by atoms with van der Waals surface area (Å²) in [5.41, 5.74) is -0.721. The van der Waals surface area contributed by atoms with Crippen molar-refractivity contribution in [1.29, 1.82) is 0 Å². The summed E-state index contributed by atoms with van der Waals surface area (Å²) >= 11 is 1.98. The van der Waals surface area contributed by atoms with Gasteiger partial charge in [-0.2, -0.15) is 0 Å². The second-order valence-electron chi connectivity index (χ2n) is 5.63. The van der Waals surface area contributed by atoms with E-state index in [1.807, 2.05) is 43.4 Å². The second-order valence-corrected chi connectivity index (χ2v) is 6.87. The number of Topliss-reactive ketones (excluding diaryl/α,β-unsaturated/α-hetero) is 1. The average molecular weight is 419 g/mol. The maximum absolute atomic E-state index is 13.9. The fraction of sp³-hybridized carbons (Fsp3) is 0.375. The molecule has 0 radical (unpaired) electrons. The van der Waals surface area contributed by atoms with Crippen molar-refractivity contribution in [3.63, 3.8) is 0 Å². The van der Waals surface area contributed by atoms with Gasteiger partial charge < -0.3 is 10.1 Å². The number of hydrogen-bond acceptors (Lipinski definition) is 4. The molecule has 120 valence electrons. The van der Waals surface area contributed by atoms with E-state index in [1.54, 1.807) is 13.0 Å². The lowest BCUT2D eigenvalue weighted by molar-refractivity contribution is -0.138. The first-order valence-electron chi connectivity index (χ1n) is 6.80. The van der Waals surface area contributed by atoms with E-state index in [9.17, 15) is 14.0 Å². The van der Waals surface area contributed by atoms with E-state index in [0.717, 1.165) is 0 Å². The van der Waals surface area contributed by atoms with Gasteiger partial charge in [-0.15, -0.1) is 0 Å². The molecule has 0 saturated heterocycles. The van der Waals surface area contributed by atoms with Crippen LogP contribution in [0, 0.1) is 9.39 Å². The van der Waals surface area contributed by atoms with Gasteiger partial charge in [0.1, 0.15) is 11.4 Å². The smallest absolute Gasteiger partial charge is 0.343 e. The molecular weight excluding hydrogens is 400 g/mol. The van der Waals surface area contributed by atoms with Gasteiger partial charge in [0.15, 0.2) is 0 Å². The number of ether oxygens (including phenoxy) is 1. The topological polar surface area (TPSA) is 55.4 Å². The summed E-state index contributed by atoms with van der Waals surface area (Å²) in [6, 6.07) is 4.16. The summed E-state index contributed by atoms with van der Waals surface area (Å²) in [4.78, 5) is 24.5. The van der Waals surface area contributed by atoms with E-state index >= 15 is 0 Å². The molecule has 0 saturated carbocycles. The Morgan fingerprint density at radius 2 is 2.00 bits per heavy atom. The standard InChI is InChI=1S/C16H19FINO3/c1-5-22-15(21)12(9-19-16(2,3)4)14(20)11-8-10(18)6-7-13(11)17/h6-9,19H,5H2,1-4H3/b12-9-. The number of carbonyl (C=O) groups is 2. The molecule has 0 fully saturated rings. The number of carbonyl (C=O) groups excluding carboxylic acids is 2. The molecule has 1 N–H and O–H groups in total. The largest absolute Gasteiger partial charge is 0.462 e. The summed E-state index contributed by atoms with van der Waals surface area (Å²) in [5, 5.41) is 2.94. The molecule has 1 aromatic carbocycles. The quantitative estimate of drug-likeness (QED) is 0.198. The van der Waals surface area contributed by atoms with E-state index in [4.69, 9.17) is 4.74 Å².